The summed E-state index contributed by atoms with van der Waals surface area (Å²) in [6, 6.07) is 14.9. The highest BCUT2D eigenvalue weighted by Crippen LogP contribution is 2.24. The molecule has 2 heterocycles. The van der Waals surface area contributed by atoms with E-state index in [0.29, 0.717) is 35.2 Å². The van der Waals surface area contributed by atoms with Crippen LogP contribution in [0.25, 0.3) is 11.5 Å². The van der Waals surface area contributed by atoms with Gasteiger partial charge in [-0.1, -0.05) is 24.1 Å². The Morgan fingerprint density at radius 1 is 1.03 bits per heavy atom. The van der Waals surface area contributed by atoms with Gasteiger partial charge in [-0.2, -0.15) is 0 Å². The van der Waals surface area contributed by atoms with Gasteiger partial charge in [-0.05, 0) is 76.2 Å². The van der Waals surface area contributed by atoms with Crippen molar-refractivity contribution in [1.82, 2.24) is 15.2 Å². The van der Waals surface area contributed by atoms with Crippen LogP contribution in [0.1, 0.15) is 46.6 Å². The van der Waals surface area contributed by atoms with E-state index in [9.17, 15) is 9.00 Å². The largest absolute Gasteiger partial charge is 0.441 e. The lowest BCUT2D eigenvalue weighted by Crippen LogP contribution is -2.37. The Bertz CT molecular complexity index is 1100. The molecule has 7 heteroatoms. The molecule has 0 radical (unpaired) electrons. The third kappa shape index (κ3) is 6.18. The number of hydrogen-bond acceptors (Lipinski definition) is 5. The number of benzene rings is 2. The van der Waals surface area contributed by atoms with Gasteiger partial charge < -0.3 is 14.6 Å². The minimum Gasteiger partial charge on any atom is -0.441 e. The Kier molecular flexibility index (Phi) is 7.73. The Labute approximate surface area is 197 Å². The van der Waals surface area contributed by atoms with Gasteiger partial charge in [0.15, 0.2) is 0 Å². The first-order valence-corrected chi connectivity index (χ1v) is 12.8. The number of hydrogen-bond donors (Lipinski definition) is 1. The zero-order valence-electron chi connectivity index (χ0n) is 19.3. The fraction of sp³-hybridized carbons (Fsp3) is 0.385. The number of nitrogens with zero attached hydrogens (tertiary/aromatic N) is 2. The summed E-state index contributed by atoms with van der Waals surface area (Å²) in [5.41, 5.74) is 3.22. The molecular weight excluding hydrogens is 434 g/mol. The van der Waals surface area contributed by atoms with Crippen molar-refractivity contribution in [3.05, 3.63) is 71.1 Å². The second kappa shape index (κ2) is 10.9. The van der Waals surface area contributed by atoms with Crippen LogP contribution < -0.4 is 5.32 Å². The summed E-state index contributed by atoms with van der Waals surface area (Å²) in [6.07, 6.45) is 3.81. The van der Waals surface area contributed by atoms with Gasteiger partial charge in [0.05, 0.1) is 22.2 Å². The number of piperidine rings is 1. The SMILES string of the molecule is Cc1ccc([S@](=O)Cc2nc(-c3ccc(C(=O)NCCN4CCCCC4)cc3)oc2C)cc1. The van der Waals surface area contributed by atoms with E-state index < -0.39 is 10.8 Å². The monoisotopic (exact) mass is 465 g/mol. The van der Waals surface area contributed by atoms with E-state index in [1.165, 1.54) is 19.3 Å². The van der Waals surface area contributed by atoms with Crippen molar-refractivity contribution < 1.29 is 13.4 Å². The van der Waals surface area contributed by atoms with Crippen molar-refractivity contribution >= 4 is 16.7 Å². The molecule has 0 bridgehead atoms. The number of aromatic nitrogens is 1. The Morgan fingerprint density at radius 2 is 1.73 bits per heavy atom. The molecule has 4 rings (SSSR count). The summed E-state index contributed by atoms with van der Waals surface area (Å²) in [4.78, 5) is 20.2. The average molecular weight is 466 g/mol. The summed E-state index contributed by atoms with van der Waals surface area (Å²) in [5.74, 6) is 1.36. The van der Waals surface area contributed by atoms with Gasteiger partial charge in [0.1, 0.15) is 5.76 Å². The number of nitrogens with one attached hydrogen (secondary N) is 1. The van der Waals surface area contributed by atoms with Crippen molar-refractivity contribution in [3.8, 4) is 11.5 Å². The molecule has 1 saturated heterocycles. The van der Waals surface area contributed by atoms with E-state index >= 15 is 0 Å². The van der Waals surface area contributed by atoms with E-state index in [4.69, 9.17) is 4.42 Å². The maximum absolute atomic E-state index is 12.7. The highest BCUT2D eigenvalue weighted by atomic mass is 32.2. The smallest absolute Gasteiger partial charge is 0.251 e. The van der Waals surface area contributed by atoms with Gasteiger partial charge in [0.2, 0.25) is 5.89 Å². The fourth-order valence-corrected chi connectivity index (χ4v) is 5.08. The lowest BCUT2D eigenvalue weighted by atomic mass is 10.1. The third-order valence-electron chi connectivity index (χ3n) is 6.00. The molecule has 0 saturated carbocycles. The minimum absolute atomic E-state index is 0.0728. The van der Waals surface area contributed by atoms with E-state index in [-0.39, 0.29) is 5.91 Å². The first-order valence-electron chi connectivity index (χ1n) is 11.5. The maximum Gasteiger partial charge on any atom is 0.251 e. The lowest BCUT2D eigenvalue weighted by Gasteiger charge is -2.26. The summed E-state index contributed by atoms with van der Waals surface area (Å²) >= 11 is 0. The van der Waals surface area contributed by atoms with Crippen molar-refractivity contribution in [2.45, 2.75) is 43.8 Å². The van der Waals surface area contributed by atoms with Crippen LogP contribution in [-0.2, 0) is 16.6 Å². The first kappa shape index (κ1) is 23.4. The van der Waals surface area contributed by atoms with Gasteiger partial charge in [0.25, 0.3) is 5.91 Å². The number of rotatable bonds is 8. The van der Waals surface area contributed by atoms with E-state index in [1.54, 1.807) is 12.1 Å². The fourth-order valence-electron chi connectivity index (χ4n) is 3.96. The number of carbonyl (C=O) groups excluding carboxylic acids is 1. The van der Waals surface area contributed by atoms with Crippen LogP contribution in [-0.4, -0.2) is 46.2 Å². The molecule has 0 unspecified atom stereocenters. The topological polar surface area (TPSA) is 75.4 Å². The van der Waals surface area contributed by atoms with Crippen LogP contribution in [0, 0.1) is 13.8 Å². The molecule has 1 aliphatic rings. The number of likely N-dealkylation sites (tertiary alicyclic amines) is 1. The first-order chi connectivity index (χ1) is 16.0. The van der Waals surface area contributed by atoms with Crippen LogP contribution in [0.15, 0.2) is 57.8 Å². The van der Waals surface area contributed by atoms with E-state index in [1.807, 2.05) is 50.2 Å². The van der Waals surface area contributed by atoms with E-state index in [0.717, 1.165) is 35.7 Å². The normalized spacial score (nSPS) is 15.3. The third-order valence-corrected chi connectivity index (χ3v) is 7.33. The molecular formula is C26H31N3O3S. The molecule has 1 aromatic heterocycles. The van der Waals surface area contributed by atoms with Crippen molar-refractivity contribution in [3.63, 3.8) is 0 Å². The van der Waals surface area contributed by atoms with Gasteiger partial charge in [0, 0.05) is 29.1 Å². The molecule has 1 atom stereocenters. The quantitative estimate of drug-likeness (QED) is 0.531. The summed E-state index contributed by atoms with van der Waals surface area (Å²) in [5, 5.41) is 3.01. The minimum atomic E-state index is -1.19. The van der Waals surface area contributed by atoms with Gasteiger partial charge >= 0.3 is 0 Å². The predicted octanol–water partition coefficient (Wildman–Crippen LogP) is 4.48. The molecule has 0 aliphatic carbocycles. The molecule has 3 aromatic rings. The van der Waals surface area contributed by atoms with Crippen LogP contribution >= 0.6 is 0 Å². The zero-order valence-corrected chi connectivity index (χ0v) is 20.1. The number of amides is 1. The van der Waals surface area contributed by atoms with Crippen LogP contribution in [0.4, 0.5) is 0 Å². The highest BCUT2D eigenvalue weighted by Gasteiger charge is 2.16. The molecule has 174 valence electrons. The second-order valence-corrected chi connectivity index (χ2v) is 10.0. The Hall–Kier alpha value is -2.77. The van der Waals surface area contributed by atoms with Crippen molar-refractivity contribution in [2.24, 2.45) is 0 Å². The molecule has 1 amide bonds. The second-order valence-electron chi connectivity index (χ2n) is 8.56. The number of carbonyl (C=O) groups is 1. The highest BCUT2D eigenvalue weighted by molar-refractivity contribution is 7.84. The molecule has 6 nitrogen and oxygen atoms in total. The molecule has 0 spiro atoms. The van der Waals surface area contributed by atoms with Crippen LogP contribution in [0.3, 0.4) is 0 Å². The summed E-state index contributed by atoms with van der Waals surface area (Å²) in [7, 11) is -1.19. The van der Waals surface area contributed by atoms with Gasteiger partial charge in [-0.15, -0.1) is 0 Å². The molecule has 33 heavy (non-hydrogen) atoms. The lowest BCUT2D eigenvalue weighted by molar-refractivity contribution is 0.0946. The molecule has 1 aliphatic heterocycles. The predicted molar refractivity (Wildman–Crippen MR) is 131 cm³/mol. The maximum atomic E-state index is 12.7. The van der Waals surface area contributed by atoms with Gasteiger partial charge in [-0.3, -0.25) is 9.00 Å². The Balaban J connectivity index is 1.35. The molecule has 1 fully saturated rings. The summed E-state index contributed by atoms with van der Waals surface area (Å²) in [6.45, 7) is 7.64. The van der Waals surface area contributed by atoms with Crippen molar-refractivity contribution in [1.29, 1.82) is 0 Å². The number of aryl methyl sites for hydroxylation is 2. The van der Waals surface area contributed by atoms with Crippen molar-refractivity contribution in [2.75, 3.05) is 26.2 Å². The molecule has 2 aromatic carbocycles. The average Bonchev–Trinajstić information content (AvgIpc) is 3.20. The Morgan fingerprint density at radius 3 is 2.42 bits per heavy atom. The zero-order chi connectivity index (χ0) is 23.2. The van der Waals surface area contributed by atoms with Crippen LogP contribution in [0.2, 0.25) is 0 Å². The van der Waals surface area contributed by atoms with Crippen LogP contribution in [0.5, 0.6) is 0 Å². The van der Waals surface area contributed by atoms with E-state index in [2.05, 4.69) is 15.2 Å². The molecule has 1 N–H and O–H groups in total. The number of oxazole rings is 1. The summed E-state index contributed by atoms with van der Waals surface area (Å²) < 4.78 is 18.5. The standard InChI is InChI=1S/C26H31N3O3S/c1-19-6-12-23(13-7-19)33(31)18-24-20(2)32-26(28-24)22-10-8-21(9-11-22)25(30)27-14-17-29-15-4-3-5-16-29/h6-13H,3-5,14-18H2,1-2H3,(H,27,30)/t33-/m1/s1. The van der Waals surface area contributed by atoms with Gasteiger partial charge in [-0.25, -0.2) is 4.98 Å².